The van der Waals surface area contributed by atoms with E-state index in [0.717, 1.165) is 6.07 Å². The number of rotatable bonds is 6. The first kappa shape index (κ1) is 15.1. The highest BCUT2D eigenvalue weighted by molar-refractivity contribution is 7.89. The van der Waals surface area contributed by atoms with Gasteiger partial charge in [0.05, 0.1) is 0 Å². The topological polar surface area (TPSA) is 63.4 Å². The molecule has 0 saturated carbocycles. The molecule has 2 N–H and O–H groups in total. The van der Waals surface area contributed by atoms with Crippen LogP contribution in [-0.4, -0.2) is 31.9 Å². The van der Waals surface area contributed by atoms with Gasteiger partial charge in [0.15, 0.2) is 0 Å². The van der Waals surface area contributed by atoms with Crippen LogP contribution in [0.25, 0.3) is 0 Å². The average Bonchev–Trinajstić information content (AvgIpc) is 2.29. The van der Waals surface area contributed by atoms with Crippen molar-refractivity contribution in [2.75, 3.05) is 13.1 Å². The quantitative estimate of drug-likeness (QED) is 0.856. The highest BCUT2D eigenvalue weighted by atomic mass is 32.2. The van der Waals surface area contributed by atoms with E-state index in [9.17, 15) is 12.8 Å². The zero-order chi connectivity index (χ0) is 13.8. The van der Waals surface area contributed by atoms with Gasteiger partial charge in [-0.25, -0.2) is 12.8 Å². The van der Waals surface area contributed by atoms with Gasteiger partial charge in [-0.05, 0) is 38.9 Å². The first-order chi connectivity index (χ1) is 8.41. The number of halogens is 1. The first-order valence-corrected chi connectivity index (χ1v) is 7.31. The van der Waals surface area contributed by atoms with Crippen LogP contribution in [0.5, 0.6) is 0 Å². The average molecular weight is 274 g/mol. The molecular weight excluding hydrogens is 255 g/mol. The lowest BCUT2D eigenvalue weighted by atomic mass is 10.3. The minimum Gasteiger partial charge on any atom is -0.330 e. The fraction of sp³-hybridized carbons (Fsp3) is 0.500. The molecule has 1 aromatic carbocycles. The van der Waals surface area contributed by atoms with Crippen molar-refractivity contribution < 1.29 is 12.8 Å². The molecule has 0 aliphatic heterocycles. The molecule has 4 nitrogen and oxygen atoms in total. The van der Waals surface area contributed by atoms with Gasteiger partial charge >= 0.3 is 0 Å². The summed E-state index contributed by atoms with van der Waals surface area (Å²) in [5.74, 6) is -0.726. The zero-order valence-corrected chi connectivity index (χ0v) is 11.5. The van der Waals surface area contributed by atoms with E-state index in [0.29, 0.717) is 19.5 Å². The van der Waals surface area contributed by atoms with Crippen LogP contribution in [0, 0.1) is 5.82 Å². The van der Waals surface area contributed by atoms with Gasteiger partial charge in [0, 0.05) is 12.6 Å². The van der Waals surface area contributed by atoms with Gasteiger partial charge in [0.25, 0.3) is 0 Å². The maximum atomic E-state index is 13.6. The second-order valence-electron chi connectivity index (χ2n) is 4.28. The van der Waals surface area contributed by atoms with E-state index >= 15 is 0 Å². The van der Waals surface area contributed by atoms with Crippen molar-refractivity contribution in [1.82, 2.24) is 4.31 Å². The van der Waals surface area contributed by atoms with E-state index in [2.05, 4.69) is 0 Å². The summed E-state index contributed by atoms with van der Waals surface area (Å²) in [5.41, 5.74) is 5.39. The summed E-state index contributed by atoms with van der Waals surface area (Å²) in [5, 5.41) is 0. The number of hydrogen-bond acceptors (Lipinski definition) is 3. The van der Waals surface area contributed by atoms with Crippen LogP contribution >= 0.6 is 0 Å². The van der Waals surface area contributed by atoms with Gasteiger partial charge in [-0.1, -0.05) is 12.1 Å². The molecule has 0 amide bonds. The maximum Gasteiger partial charge on any atom is 0.246 e. The standard InChI is InChI=1S/C12H19FN2O2S/c1-10(2)15(9-5-8-14)18(16,17)12-7-4-3-6-11(12)13/h3-4,6-7,10H,5,8-9,14H2,1-2H3. The van der Waals surface area contributed by atoms with E-state index in [-0.39, 0.29) is 10.9 Å². The van der Waals surface area contributed by atoms with Gasteiger partial charge in [-0.3, -0.25) is 0 Å². The van der Waals surface area contributed by atoms with Crippen LogP contribution in [0.4, 0.5) is 4.39 Å². The maximum absolute atomic E-state index is 13.6. The van der Waals surface area contributed by atoms with Gasteiger partial charge in [0.2, 0.25) is 10.0 Å². The molecule has 0 bridgehead atoms. The molecule has 0 aromatic heterocycles. The summed E-state index contributed by atoms with van der Waals surface area (Å²) in [6.45, 7) is 4.21. The largest absolute Gasteiger partial charge is 0.330 e. The number of nitrogens with zero attached hydrogens (tertiary/aromatic N) is 1. The number of benzene rings is 1. The Morgan fingerprint density at radius 3 is 2.44 bits per heavy atom. The van der Waals surface area contributed by atoms with Crippen molar-refractivity contribution in [3.8, 4) is 0 Å². The number of hydrogen-bond donors (Lipinski definition) is 1. The highest BCUT2D eigenvalue weighted by Crippen LogP contribution is 2.21. The normalized spacial score (nSPS) is 12.3. The summed E-state index contributed by atoms with van der Waals surface area (Å²) in [6.07, 6.45) is 0.547. The van der Waals surface area contributed by atoms with Crippen molar-refractivity contribution in [2.24, 2.45) is 5.73 Å². The van der Waals surface area contributed by atoms with Crippen molar-refractivity contribution in [3.63, 3.8) is 0 Å². The lowest BCUT2D eigenvalue weighted by Gasteiger charge is -2.25. The van der Waals surface area contributed by atoms with Crippen LogP contribution in [-0.2, 0) is 10.0 Å². The SMILES string of the molecule is CC(C)N(CCCN)S(=O)(=O)c1ccccc1F. The molecule has 0 aliphatic carbocycles. The molecule has 0 saturated heterocycles. The fourth-order valence-corrected chi connectivity index (χ4v) is 3.43. The lowest BCUT2D eigenvalue weighted by Crippen LogP contribution is -2.38. The predicted molar refractivity (Wildman–Crippen MR) is 69.1 cm³/mol. The van der Waals surface area contributed by atoms with Gasteiger partial charge in [-0.15, -0.1) is 0 Å². The summed E-state index contributed by atoms with van der Waals surface area (Å²) >= 11 is 0. The van der Waals surface area contributed by atoms with E-state index in [1.807, 2.05) is 0 Å². The lowest BCUT2D eigenvalue weighted by molar-refractivity contribution is 0.349. The van der Waals surface area contributed by atoms with Gasteiger partial charge in [0.1, 0.15) is 10.7 Å². The monoisotopic (exact) mass is 274 g/mol. The van der Waals surface area contributed by atoms with E-state index in [4.69, 9.17) is 5.73 Å². The van der Waals surface area contributed by atoms with Crippen LogP contribution in [0.1, 0.15) is 20.3 Å². The molecule has 0 radical (unpaired) electrons. The van der Waals surface area contributed by atoms with Crippen molar-refractivity contribution >= 4 is 10.0 Å². The molecule has 0 spiro atoms. The molecule has 1 aromatic rings. The fourth-order valence-electron chi connectivity index (χ4n) is 1.68. The van der Waals surface area contributed by atoms with Crippen LogP contribution in [0.15, 0.2) is 29.2 Å². The Kier molecular flexibility index (Phi) is 5.25. The number of sulfonamides is 1. The summed E-state index contributed by atoms with van der Waals surface area (Å²) in [7, 11) is -3.80. The molecule has 102 valence electrons. The van der Waals surface area contributed by atoms with E-state index < -0.39 is 15.8 Å². The predicted octanol–water partition coefficient (Wildman–Crippen LogP) is 1.57. The third kappa shape index (κ3) is 3.28. The smallest absolute Gasteiger partial charge is 0.246 e. The second kappa shape index (κ2) is 6.26. The summed E-state index contributed by atoms with van der Waals surface area (Å²) in [6, 6.07) is 5.17. The van der Waals surface area contributed by atoms with Crippen LogP contribution in [0.3, 0.4) is 0 Å². The molecule has 0 aliphatic rings. The Hall–Kier alpha value is -0.980. The van der Waals surface area contributed by atoms with Crippen molar-refractivity contribution in [3.05, 3.63) is 30.1 Å². The van der Waals surface area contributed by atoms with Crippen LogP contribution < -0.4 is 5.73 Å². The minimum atomic E-state index is -3.80. The molecule has 0 atom stereocenters. The third-order valence-corrected chi connectivity index (χ3v) is 4.69. The Bertz CT molecular complexity index is 489. The molecule has 1 rings (SSSR count). The molecule has 6 heteroatoms. The Morgan fingerprint density at radius 1 is 1.33 bits per heavy atom. The molecule has 0 heterocycles. The minimum absolute atomic E-state index is 0.235. The third-order valence-electron chi connectivity index (χ3n) is 2.58. The molecule has 0 fully saturated rings. The highest BCUT2D eigenvalue weighted by Gasteiger charge is 2.28. The second-order valence-corrected chi connectivity index (χ2v) is 6.14. The molecule has 18 heavy (non-hydrogen) atoms. The van der Waals surface area contributed by atoms with Crippen molar-refractivity contribution in [1.29, 1.82) is 0 Å². The Morgan fingerprint density at radius 2 is 1.94 bits per heavy atom. The summed E-state index contributed by atoms with van der Waals surface area (Å²) < 4.78 is 39.6. The Balaban J connectivity index is 3.14. The summed E-state index contributed by atoms with van der Waals surface area (Å²) in [4.78, 5) is -0.282. The van der Waals surface area contributed by atoms with Crippen molar-refractivity contribution in [2.45, 2.75) is 31.2 Å². The van der Waals surface area contributed by atoms with Crippen LogP contribution in [0.2, 0.25) is 0 Å². The van der Waals surface area contributed by atoms with E-state index in [1.165, 1.54) is 22.5 Å². The number of nitrogens with two attached hydrogens (primary N) is 1. The molecule has 0 unspecified atom stereocenters. The van der Waals surface area contributed by atoms with Gasteiger partial charge in [-0.2, -0.15) is 4.31 Å². The molecular formula is C12H19FN2O2S. The Labute approximate surface area is 108 Å². The zero-order valence-electron chi connectivity index (χ0n) is 10.6. The first-order valence-electron chi connectivity index (χ1n) is 5.87. The van der Waals surface area contributed by atoms with Gasteiger partial charge < -0.3 is 5.73 Å². The van der Waals surface area contributed by atoms with E-state index in [1.54, 1.807) is 13.8 Å².